The summed E-state index contributed by atoms with van der Waals surface area (Å²) in [5.41, 5.74) is 1.25. The minimum Gasteiger partial charge on any atom is -0.372 e. The fourth-order valence-electron chi connectivity index (χ4n) is 1.97. The van der Waals surface area contributed by atoms with Crippen molar-refractivity contribution in [2.75, 3.05) is 0 Å². The van der Waals surface area contributed by atoms with Crippen molar-refractivity contribution in [2.45, 2.75) is 45.1 Å². The van der Waals surface area contributed by atoms with Gasteiger partial charge in [-0.15, -0.1) is 0 Å². The van der Waals surface area contributed by atoms with Gasteiger partial charge in [0.1, 0.15) is 0 Å². The van der Waals surface area contributed by atoms with Crippen molar-refractivity contribution in [3.8, 4) is 0 Å². The summed E-state index contributed by atoms with van der Waals surface area (Å²) in [6.07, 6.45) is 1.54. The summed E-state index contributed by atoms with van der Waals surface area (Å²) in [6.45, 7) is 5.07. The average Bonchev–Trinajstić information content (AvgIpc) is 2.23. The highest BCUT2D eigenvalue weighted by Crippen LogP contribution is 2.17. The molecule has 3 atom stereocenters. The molecule has 1 aliphatic heterocycles. The summed E-state index contributed by atoms with van der Waals surface area (Å²) in [6, 6.07) is 11.5. The molecule has 0 bridgehead atoms. The summed E-state index contributed by atoms with van der Waals surface area (Å²) in [4.78, 5) is 0. The van der Waals surface area contributed by atoms with Crippen LogP contribution in [0.25, 0.3) is 0 Å². The summed E-state index contributed by atoms with van der Waals surface area (Å²) in [7, 11) is 0. The number of benzene rings is 1. The van der Waals surface area contributed by atoms with E-state index in [0.29, 0.717) is 24.8 Å². The zero-order chi connectivity index (χ0) is 10.7. The van der Waals surface area contributed by atoms with Crippen molar-refractivity contribution < 1.29 is 4.74 Å². The fourth-order valence-corrected chi connectivity index (χ4v) is 1.97. The van der Waals surface area contributed by atoms with Crippen molar-refractivity contribution in [1.29, 1.82) is 0 Å². The minimum absolute atomic E-state index is 0.307. The summed E-state index contributed by atoms with van der Waals surface area (Å²) in [5, 5.41) is 3.45. The molecular formula is C13H19NO. The number of rotatable bonds is 4. The molecule has 0 radical (unpaired) electrons. The van der Waals surface area contributed by atoms with Gasteiger partial charge in [-0.25, -0.2) is 0 Å². The molecule has 3 unspecified atom stereocenters. The van der Waals surface area contributed by atoms with Crippen LogP contribution in [0.5, 0.6) is 0 Å². The van der Waals surface area contributed by atoms with Crippen LogP contribution in [0.2, 0.25) is 0 Å². The largest absolute Gasteiger partial charge is 0.372 e. The molecule has 1 aromatic rings. The van der Waals surface area contributed by atoms with E-state index in [0.717, 1.165) is 0 Å². The van der Waals surface area contributed by atoms with Crippen molar-refractivity contribution in [2.24, 2.45) is 0 Å². The van der Waals surface area contributed by atoms with Crippen molar-refractivity contribution in [3.05, 3.63) is 35.9 Å². The highest BCUT2D eigenvalue weighted by molar-refractivity contribution is 5.13. The summed E-state index contributed by atoms with van der Waals surface area (Å²) in [5.74, 6) is 0. The first-order valence-electron chi connectivity index (χ1n) is 5.67. The molecule has 1 fully saturated rings. The second-order valence-corrected chi connectivity index (χ2v) is 4.41. The first kappa shape index (κ1) is 10.7. The molecule has 0 amide bonds. The van der Waals surface area contributed by atoms with E-state index in [9.17, 15) is 0 Å². The maximum absolute atomic E-state index is 5.82. The van der Waals surface area contributed by atoms with Crippen LogP contribution in [-0.2, 0) is 11.3 Å². The van der Waals surface area contributed by atoms with Crippen LogP contribution in [0.3, 0.4) is 0 Å². The van der Waals surface area contributed by atoms with Gasteiger partial charge in [0.15, 0.2) is 0 Å². The lowest BCUT2D eigenvalue weighted by molar-refractivity contribution is 0.000124. The molecule has 1 heterocycles. The molecule has 1 N–H and O–H groups in total. The molecule has 82 valence electrons. The molecule has 1 aromatic carbocycles. The lowest BCUT2D eigenvalue weighted by Gasteiger charge is -2.38. The van der Waals surface area contributed by atoms with Gasteiger partial charge in [0, 0.05) is 12.1 Å². The van der Waals surface area contributed by atoms with Gasteiger partial charge >= 0.3 is 0 Å². The Kier molecular flexibility index (Phi) is 3.39. The fraction of sp³-hybridized carbons (Fsp3) is 0.538. The molecule has 2 rings (SSSR count). The van der Waals surface area contributed by atoms with Gasteiger partial charge in [-0.2, -0.15) is 0 Å². The lowest BCUT2D eigenvalue weighted by atomic mass is 9.94. The Morgan fingerprint density at radius 2 is 2.07 bits per heavy atom. The first-order chi connectivity index (χ1) is 7.25. The standard InChI is InChI=1S/C13H19NO/c1-10-8-13(14-10)11(2)15-9-12-6-4-3-5-7-12/h3-7,10-11,13-14H,8-9H2,1-2H3. The molecule has 1 aliphatic rings. The van der Waals surface area contributed by atoms with E-state index in [4.69, 9.17) is 4.74 Å². The number of hydrogen-bond acceptors (Lipinski definition) is 2. The molecule has 0 aromatic heterocycles. The van der Waals surface area contributed by atoms with E-state index in [1.54, 1.807) is 0 Å². The second kappa shape index (κ2) is 4.77. The van der Waals surface area contributed by atoms with E-state index in [1.165, 1.54) is 12.0 Å². The topological polar surface area (TPSA) is 21.3 Å². The predicted molar refractivity (Wildman–Crippen MR) is 61.7 cm³/mol. The third kappa shape index (κ3) is 2.80. The van der Waals surface area contributed by atoms with Gasteiger partial charge in [0.05, 0.1) is 12.7 Å². The third-order valence-electron chi connectivity index (χ3n) is 3.03. The quantitative estimate of drug-likeness (QED) is 0.814. The summed E-state index contributed by atoms with van der Waals surface area (Å²) >= 11 is 0. The van der Waals surface area contributed by atoms with Crippen LogP contribution >= 0.6 is 0 Å². The summed E-state index contributed by atoms with van der Waals surface area (Å²) < 4.78 is 5.82. The van der Waals surface area contributed by atoms with E-state index < -0.39 is 0 Å². The predicted octanol–water partition coefficient (Wildman–Crippen LogP) is 2.34. The number of nitrogens with one attached hydrogen (secondary N) is 1. The minimum atomic E-state index is 0.307. The smallest absolute Gasteiger partial charge is 0.0721 e. The van der Waals surface area contributed by atoms with Gasteiger partial charge in [-0.1, -0.05) is 30.3 Å². The second-order valence-electron chi connectivity index (χ2n) is 4.41. The third-order valence-corrected chi connectivity index (χ3v) is 3.03. The molecular weight excluding hydrogens is 186 g/mol. The molecule has 0 saturated carbocycles. The molecule has 15 heavy (non-hydrogen) atoms. The van der Waals surface area contributed by atoms with Crippen LogP contribution in [0.4, 0.5) is 0 Å². The van der Waals surface area contributed by atoms with E-state index in [-0.39, 0.29) is 0 Å². The SMILES string of the molecule is CC1CC(C(C)OCc2ccccc2)N1. The highest BCUT2D eigenvalue weighted by Gasteiger charge is 2.29. The van der Waals surface area contributed by atoms with Crippen LogP contribution < -0.4 is 5.32 Å². The maximum Gasteiger partial charge on any atom is 0.0721 e. The monoisotopic (exact) mass is 205 g/mol. The molecule has 2 nitrogen and oxygen atoms in total. The lowest BCUT2D eigenvalue weighted by Crippen LogP contribution is -2.56. The van der Waals surface area contributed by atoms with Crippen LogP contribution in [0.1, 0.15) is 25.8 Å². The molecule has 0 spiro atoms. The number of hydrogen-bond donors (Lipinski definition) is 1. The Morgan fingerprint density at radius 1 is 1.40 bits per heavy atom. The zero-order valence-corrected chi connectivity index (χ0v) is 9.44. The van der Waals surface area contributed by atoms with Gasteiger partial charge in [0.25, 0.3) is 0 Å². The molecule has 1 saturated heterocycles. The Labute approximate surface area is 91.6 Å². The van der Waals surface area contributed by atoms with Crippen molar-refractivity contribution in [3.63, 3.8) is 0 Å². The maximum atomic E-state index is 5.82. The van der Waals surface area contributed by atoms with E-state index in [1.807, 2.05) is 18.2 Å². The average molecular weight is 205 g/mol. The molecule has 2 heteroatoms. The van der Waals surface area contributed by atoms with Crippen LogP contribution in [0.15, 0.2) is 30.3 Å². The molecule has 0 aliphatic carbocycles. The Morgan fingerprint density at radius 3 is 2.67 bits per heavy atom. The Balaban J connectivity index is 1.74. The van der Waals surface area contributed by atoms with Crippen molar-refractivity contribution >= 4 is 0 Å². The highest BCUT2D eigenvalue weighted by atomic mass is 16.5. The zero-order valence-electron chi connectivity index (χ0n) is 9.44. The van der Waals surface area contributed by atoms with Crippen LogP contribution in [-0.4, -0.2) is 18.2 Å². The van der Waals surface area contributed by atoms with Crippen molar-refractivity contribution in [1.82, 2.24) is 5.32 Å². The normalized spacial score (nSPS) is 27.1. The van der Waals surface area contributed by atoms with E-state index >= 15 is 0 Å². The van der Waals surface area contributed by atoms with Gasteiger partial charge in [0.2, 0.25) is 0 Å². The Bertz CT molecular complexity index is 293. The van der Waals surface area contributed by atoms with Gasteiger partial charge < -0.3 is 10.1 Å². The Hall–Kier alpha value is -0.860. The first-order valence-corrected chi connectivity index (χ1v) is 5.67. The number of ether oxygens (including phenoxy) is 1. The van der Waals surface area contributed by atoms with Crippen LogP contribution in [0, 0.1) is 0 Å². The van der Waals surface area contributed by atoms with Gasteiger partial charge in [-0.05, 0) is 25.8 Å². The van der Waals surface area contributed by atoms with E-state index in [2.05, 4.69) is 31.3 Å². The van der Waals surface area contributed by atoms with Gasteiger partial charge in [-0.3, -0.25) is 0 Å².